The number of primary amides is 1. The third-order valence-electron chi connectivity index (χ3n) is 2.88. The van der Waals surface area contributed by atoms with Crippen LogP contribution in [0.15, 0.2) is 24.8 Å². The van der Waals surface area contributed by atoms with E-state index in [-0.39, 0.29) is 5.91 Å². The van der Waals surface area contributed by atoms with Gasteiger partial charge in [-0.15, -0.1) is 0 Å². The van der Waals surface area contributed by atoms with E-state index in [1.807, 2.05) is 17.0 Å². The van der Waals surface area contributed by atoms with Crippen LogP contribution in [0.1, 0.15) is 21.6 Å². The van der Waals surface area contributed by atoms with Crippen LogP contribution in [0.4, 0.5) is 0 Å². The Balaban J connectivity index is 2.23. The number of hydrogen-bond donors (Lipinski definition) is 1. The molecule has 0 unspecified atom stereocenters. The monoisotopic (exact) mass is 214 g/mol. The van der Waals surface area contributed by atoms with Crippen LogP contribution >= 0.6 is 0 Å². The van der Waals surface area contributed by atoms with E-state index in [0.717, 1.165) is 29.9 Å². The Labute approximate surface area is 91.9 Å². The second-order valence-electron chi connectivity index (χ2n) is 3.78. The number of rotatable bonds is 1. The molecule has 1 amide bonds. The van der Waals surface area contributed by atoms with Crippen LogP contribution in [-0.2, 0) is 12.8 Å². The van der Waals surface area contributed by atoms with E-state index >= 15 is 0 Å². The Bertz CT molecular complexity index is 573. The summed E-state index contributed by atoms with van der Waals surface area (Å²) in [7, 11) is 0. The molecule has 2 aromatic rings. The van der Waals surface area contributed by atoms with Gasteiger partial charge in [-0.3, -0.25) is 4.79 Å². The molecule has 5 nitrogen and oxygen atoms in total. The van der Waals surface area contributed by atoms with Gasteiger partial charge in [0.05, 0.1) is 5.56 Å². The standard InChI is InChI=1S/C11H10N4O/c12-10(16)8-3-4-15-9(8)2-1-7-5-13-6-14-11(7)15/h3-6H,1-2H2,(H2,12,16). The minimum Gasteiger partial charge on any atom is -0.366 e. The Morgan fingerprint density at radius 3 is 3.12 bits per heavy atom. The molecule has 2 N–H and O–H groups in total. The molecule has 1 aliphatic heterocycles. The van der Waals surface area contributed by atoms with Crippen molar-refractivity contribution in [2.45, 2.75) is 12.8 Å². The first-order chi connectivity index (χ1) is 7.77. The van der Waals surface area contributed by atoms with Crippen molar-refractivity contribution in [1.82, 2.24) is 14.5 Å². The number of nitrogens with zero attached hydrogens (tertiary/aromatic N) is 3. The van der Waals surface area contributed by atoms with E-state index in [0.29, 0.717) is 5.56 Å². The molecule has 2 aromatic heterocycles. The van der Waals surface area contributed by atoms with Crippen molar-refractivity contribution < 1.29 is 4.79 Å². The summed E-state index contributed by atoms with van der Waals surface area (Å²) in [6, 6.07) is 1.74. The van der Waals surface area contributed by atoms with Gasteiger partial charge in [-0.1, -0.05) is 0 Å². The fourth-order valence-electron chi connectivity index (χ4n) is 2.14. The van der Waals surface area contributed by atoms with Crippen molar-refractivity contribution in [1.29, 1.82) is 0 Å². The summed E-state index contributed by atoms with van der Waals surface area (Å²) >= 11 is 0. The van der Waals surface area contributed by atoms with Crippen molar-refractivity contribution >= 4 is 5.91 Å². The fourth-order valence-corrected chi connectivity index (χ4v) is 2.14. The minimum absolute atomic E-state index is 0.383. The van der Waals surface area contributed by atoms with Crippen LogP contribution in [0.2, 0.25) is 0 Å². The smallest absolute Gasteiger partial charge is 0.250 e. The summed E-state index contributed by atoms with van der Waals surface area (Å²) in [6.07, 6.45) is 6.81. The first kappa shape index (κ1) is 9.08. The lowest BCUT2D eigenvalue weighted by Gasteiger charge is -2.18. The molecule has 80 valence electrons. The largest absolute Gasteiger partial charge is 0.366 e. The van der Waals surface area contributed by atoms with Crippen molar-refractivity contribution in [2.24, 2.45) is 5.73 Å². The molecule has 3 heterocycles. The normalized spacial score (nSPS) is 13.0. The van der Waals surface area contributed by atoms with E-state index < -0.39 is 0 Å². The van der Waals surface area contributed by atoms with Crippen LogP contribution in [0.3, 0.4) is 0 Å². The molecule has 0 saturated carbocycles. The van der Waals surface area contributed by atoms with E-state index in [2.05, 4.69) is 9.97 Å². The highest BCUT2D eigenvalue weighted by Gasteiger charge is 2.21. The quantitative estimate of drug-likeness (QED) is 0.749. The molecule has 0 spiro atoms. The Hall–Kier alpha value is -2.17. The molecule has 16 heavy (non-hydrogen) atoms. The summed E-state index contributed by atoms with van der Waals surface area (Å²) in [5.41, 5.74) is 7.95. The summed E-state index contributed by atoms with van der Waals surface area (Å²) in [5.74, 6) is 0.468. The molecule has 0 aromatic carbocycles. The number of carbonyl (C=O) groups is 1. The van der Waals surface area contributed by atoms with Crippen LogP contribution in [0.25, 0.3) is 5.82 Å². The number of fused-ring (bicyclic) bond motifs is 3. The third-order valence-corrected chi connectivity index (χ3v) is 2.88. The lowest BCUT2D eigenvalue weighted by molar-refractivity contribution is 0.0999. The van der Waals surface area contributed by atoms with Gasteiger partial charge in [-0.25, -0.2) is 9.97 Å². The molecule has 1 aliphatic rings. The number of nitrogens with two attached hydrogens (primary N) is 1. The van der Waals surface area contributed by atoms with Gasteiger partial charge in [0.1, 0.15) is 12.1 Å². The first-order valence-electron chi connectivity index (χ1n) is 5.06. The second-order valence-corrected chi connectivity index (χ2v) is 3.78. The van der Waals surface area contributed by atoms with Gasteiger partial charge in [-0.05, 0) is 18.9 Å². The summed E-state index contributed by atoms with van der Waals surface area (Å²) in [5, 5.41) is 0. The Morgan fingerprint density at radius 1 is 1.44 bits per heavy atom. The van der Waals surface area contributed by atoms with Crippen molar-refractivity contribution in [3.63, 3.8) is 0 Å². The van der Waals surface area contributed by atoms with Crippen molar-refractivity contribution in [3.8, 4) is 5.82 Å². The van der Waals surface area contributed by atoms with Gasteiger partial charge in [-0.2, -0.15) is 0 Å². The van der Waals surface area contributed by atoms with Gasteiger partial charge < -0.3 is 10.3 Å². The molecule has 0 saturated heterocycles. The van der Waals surface area contributed by atoms with E-state index in [1.165, 1.54) is 6.33 Å². The SMILES string of the molecule is NC(=O)c1ccn2c1CCc1cncnc1-2. The zero-order valence-corrected chi connectivity index (χ0v) is 8.55. The van der Waals surface area contributed by atoms with Crippen LogP contribution < -0.4 is 5.73 Å². The van der Waals surface area contributed by atoms with Gasteiger partial charge in [0.15, 0.2) is 0 Å². The van der Waals surface area contributed by atoms with Gasteiger partial charge in [0.2, 0.25) is 0 Å². The zero-order chi connectivity index (χ0) is 11.1. The lowest BCUT2D eigenvalue weighted by atomic mass is 10.0. The third kappa shape index (κ3) is 1.14. The van der Waals surface area contributed by atoms with Crippen LogP contribution in [-0.4, -0.2) is 20.4 Å². The molecular weight excluding hydrogens is 204 g/mol. The summed E-state index contributed by atoms with van der Waals surface area (Å²) in [4.78, 5) is 19.5. The predicted molar refractivity (Wildman–Crippen MR) is 57.3 cm³/mol. The van der Waals surface area contributed by atoms with Crippen LogP contribution in [0, 0.1) is 0 Å². The zero-order valence-electron chi connectivity index (χ0n) is 8.55. The second kappa shape index (κ2) is 3.16. The van der Waals surface area contributed by atoms with E-state index in [9.17, 15) is 4.79 Å². The maximum Gasteiger partial charge on any atom is 0.250 e. The van der Waals surface area contributed by atoms with Crippen molar-refractivity contribution in [3.05, 3.63) is 41.6 Å². The molecule has 5 heteroatoms. The molecule has 0 atom stereocenters. The first-order valence-corrected chi connectivity index (χ1v) is 5.06. The molecule has 0 fully saturated rings. The van der Waals surface area contributed by atoms with Gasteiger partial charge >= 0.3 is 0 Å². The summed E-state index contributed by atoms with van der Waals surface area (Å²) < 4.78 is 1.92. The van der Waals surface area contributed by atoms with E-state index in [1.54, 1.807) is 6.07 Å². The maximum atomic E-state index is 11.2. The molecular formula is C11H10N4O. The molecule has 0 aliphatic carbocycles. The van der Waals surface area contributed by atoms with Gasteiger partial charge in [0, 0.05) is 23.7 Å². The minimum atomic E-state index is -0.383. The highest BCUT2D eigenvalue weighted by molar-refractivity contribution is 5.94. The fraction of sp³-hybridized carbons (Fsp3) is 0.182. The number of aryl methyl sites for hydroxylation is 1. The average molecular weight is 214 g/mol. The number of amides is 1. The Kier molecular flexibility index (Phi) is 1.80. The maximum absolute atomic E-state index is 11.2. The molecule has 0 radical (unpaired) electrons. The van der Waals surface area contributed by atoms with Crippen LogP contribution in [0.5, 0.6) is 0 Å². The van der Waals surface area contributed by atoms with E-state index in [4.69, 9.17) is 5.73 Å². The van der Waals surface area contributed by atoms with Crippen molar-refractivity contribution in [2.75, 3.05) is 0 Å². The van der Waals surface area contributed by atoms with Gasteiger partial charge in [0.25, 0.3) is 5.91 Å². The number of hydrogen-bond acceptors (Lipinski definition) is 3. The highest BCUT2D eigenvalue weighted by Crippen LogP contribution is 2.25. The Morgan fingerprint density at radius 2 is 2.31 bits per heavy atom. The summed E-state index contributed by atoms with van der Waals surface area (Å²) in [6.45, 7) is 0. The number of aromatic nitrogens is 3. The predicted octanol–water partition coefficient (Wildman–Crippen LogP) is 0.465. The number of carbonyl (C=O) groups excluding carboxylic acids is 1. The molecule has 3 rings (SSSR count). The topological polar surface area (TPSA) is 73.8 Å². The molecule has 0 bridgehead atoms. The average Bonchev–Trinajstić information content (AvgIpc) is 2.73. The lowest BCUT2D eigenvalue weighted by Crippen LogP contribution is -2.18. The highest BCUT2D eigenvalue weighted by atomic mass is 16.1.